The van der Waals surface area contributed by atoms with Crippen LogP contribution in [0.1, 0.15) is 56.1 Å². The minimum absolute atomic E-state index is 0.738. The fourth-order valence-corrected chi connectivity index (χ4v) is 3.51. The molecular formula is C19H30N2O. The Hall–Kier alpha value is -1.06. The molecule has 0 spiro atoms. The Bertz CT molecular complexity index is 478. The van der Waals surface area contributed by atoms with Crippen LogP contribution < -0.4 is 10.1 Å². The Labute approximate surface area is 135 Å². The van der Waals surface area contributed by atoms with Gasteiger partial charge in [-0.25, -0.2) is 0 Å². The van der Waals surface area contributed by atoms with E-state index in [1.165, 1.54) is 56.1 Å². The summed E-state index contributed by atoms with van der Waals surface area (Å²) in [6, 6.07) is 8.23. The molecule has 2 fully saturated rings. The predicted octanol–water partition coefficient (Wildman–Crippen LogP) is 3.71. The Morgan fingerprint density at radius 2 is 1.91 bits per heavy atom. The first kappa shape index (κ1) is 15.8. The summed E-state index contributed by atoms with van der Waals surface area (Å²) >= 11 is 0. The first-order valence-corrected chi connectivity index (χ1v) is 8.85. The molecule has 2 aliphatic rings. The summed E-state index contributed by atoms with van der Waals surface area (Å²) in [5.41, 5.74) is 2.64. The number of hydrogen-bond donors (Lipinski definition) is 1. The van der Waals surface area contributed by atoms with Gasteiger partial charge in [-0.05, 0) is 44.4 Å². The largest absolute Gasteiger partial charge is 0.496 e. The third-order valence-corrected chi connectivity index (χ3v) is 5.14. The second-order valence-corrected chi connectivity index (χ2v) is 7.01. The van der Waals surface area contributed by atoms with Crippen LogP contribution in [0.15, 0.2) is 18.2 Å². The van der Waals surface area contributed by atoms with Gasteiger partial charge >= 0.3 is 0 Å². The molecule has 0 heterocycles. The number of nitrogens with one attached hydrogen (secondary N) is 1. The van der Waals surface area contributed by atoms with Crippen molar-refractivity contribution in [2.45, 2.75) is 70.1 Å². The number of rotatable bonds is 7. The highest BCUT2D eigenvalue weighted by Gasteiger charge is 2.21. The van der Waals surface area contributed by atoms with Crippen molar-refractivity contribution in [3.63, 3.8) is 0 Å². The fraction of sp³-hybridized carbons (Fsp3) is 0.684. The lowest BCUT2D eigenvalue weighted by molar-refractivity contribution is 0.184. The van der Waals surface area contributed by atoms with Crippen molar-refractivity contribution in [1.29, 1.82) is 0 Å². The maximum absolute atomic E-state index is 5.61. The van der Waals surface area contributed by atoms with E-state index in [9.17, 15) is 0 Å². The normalized spacial score (nSPS) is 19.6. The highest BCUT2D eigenvalue weighted by Crippen LogP contribution is 2.26. The second-order valence-electron chi connectivity index (χ2n) is 7.01. The Kier molecular flexibility index (Phi) is 5.37. The molecule has 0 atom stereocenters. The molecule has 0 unspecified atom stereocenters. The first-order valence-electron chi connectivity index (χ1n) is 8.85. The van der Waals surface area contributed by atoms with Crippen LogP contribution in [0.2, 0.25) is 0 Å². The van der Waals surface area contributed by atoms with Gasteiger partial charge in [-0.3, -0.25) is 4.90 Å². The highest BCUT2D eigenvalue weighted by molar-refractivity contribution is 5.37. The molecule has 0 bridgehead atoms. The molecule has 3 heteroatoms. The minimum atomic E-state index is 0.738. The molecule has 0 saturated heterocycles. The molecule has 1 aromatic rings. The molecule has 0 amide bonds. The van der Waals surface area contributed by atoms with Crippen molar-refractivity contribution < 1.29 is 4.74 Å². The van der Waals surface area contributed by atoms with Gasteiger partial charge < -0.3 is 10.1 Å². The lowest BCUT2D eigenvalue weighted by Gasteiger charge is -2.31. The third-order valence-electron chi connectivity index (χ3n) is 5.14. The molecule has 2 aliphatic carbocycles. The van der Waals surface area contributed by atoms with Gasteiger partial charge in [-0.15, -0.1) is 0 Å². The van der Waals surface area contributed by atoms with E-state index in [4.69, 9.17) is 4.74 Å². The van der Waals surface area contributed by atoms with E-state index in [0.717, 1.165) is 30.9 Å². The number of benzene rings is 1. The van der Waals surface area contributed by atoms with Crippen LogP contribution in [0.5, 0.6) is 5.75 Å². The van der Waals surface area contributed by atoms with Gasteiger partial charge in [-0.1, -0.05) is 31.4 Å². The van der Waals surface area contributed by atoms with Crippen LogP contribution in [0.4, 0.5) is 0 Å². The van der Waals surface area contributed by atoms with Crippen molar-refractivity contribution in [1.82, 2.24) is 10.2 Å². The number of hydrogen-bond acceptors (Lipinski definition) is 3. The maximum atomic E-state index is 5.61. The Balaban J connectivity index is 1.60. The van der Waals surface area contributed by atoms with Crippen LogP contribution in [0.25, 0.3) is 0 Å². The van der Waals surface area contributed by atoms with Gasteiger partial charge in [0.15, 0.2) is 0 Å². The van der Waals surface area contributed by atoms with Crippen LogP contribution in [-0.2, 0) is 13.1 Å². The summed E-state index contributed by atoms with van der Waals surface area (Å²) in [7, 11) is 4.05. The van der Waals surface area contributed by atoms with Gasteiger partial charge in [0.1, 0.15) is 5.75 Å². The predicted molar refractivity (Wildman–Crippen MR) is 91.2 cm³/mol. The molecular weight excluding hydrogens is 272 g/mol. The molecule has 1 aromatic carbocycles. The molecule has 22 heavy (non-hydrogen) atoms. The van der Waals surface area contributed by atoms with Crippen LogP contribution >= 0.6 is 0 Å². The molecule has 0 aromatic heterocycles. The summed E-state index contributed by atoms with van der Waals surface area (Å²) in [5.74, 6) is 1.03. The highest BCUT2D eigenvalue weighted by atomic mass is 16.5. The van der Waals surface area contributed by atoms with Crippen molar-refractivity contribution in [3.05, 3.63) is 29.3 Å². The standard InChI is InChI=1S/C19H30N2O/c1-21(18-6-4-3-5-7-18)14-15-8-9-16(19(12-15)22-2)13-20-17-10-11-17/h8-9,12,17-18,20H,3-7,10-11,13-14H2,1-2H3. The summed E-state index contributed by atoms with van der Waals surface area (Å²) < 4.78 is 5.61. The van der Waals surface area contributed by atoms with Crippen molar-refractivity contribution >= 4 is 0 Å². The van der Waals surface area contributed by atoms with E-state index < -0.39 is 0 Å². The number of ether oxygens (including phenoxy) is 1. The fourth-order valence-electron chi connectivity index (χ4n) is 3.51. The van der Waals surface area contributed by atoms with Gasteiger partial charge in [-0.2, -0.15) is 0 Å². The minimum Gasteiger partial charge on any atom is -0.496 e. The van der Waals surface area contributed by atoms with E-state index in [1.54, 1.807) is 7.11 Å². The topological polar surface area (TPSA) is 24.5 Å². The molecule has 0 radical (unpaired) electrons. The van der Waals surface area contributed by atoms with Gasteiger partial charge in [0.05, 0.1) is 7.11 Å². The lowest BCUT2D eigenvalue weighted by atomic mass is 9.94. The zero-order valence-electron chi connectivity index (χ0n) is 14.1. The average molecular weight is 302 g/mol. The molecule has 2 saturated carbocycles. The summed E-state index contributed by atoms with van der Waals surface area (Å²) in [4.78, 5) is 2.52. The third kappa shape index (κ3) is 4.23. The first-order chi connectivity index (χ1) is 10.8. The maximum Gasteiger partial charge on any atom is 0.123 e. The van der Waals surface area contributed by atoms with Crippen molar-refractivity contribution in [3.8, 4) is 5.75 Å². The Morgan fingerprint density at radius 1 is 1.14 bits per heavy atom. The van der Waals surface area contributed by atoms with Crippen LogP contribution in [0.3, 0.4) is 0 Å². The zero-order chi connectivity index (χ0) is 15.4. The summed E-state index contributed by atoms with van der Waals surface area (Å²) in [5, 5.41) is 3.57. The number of methoxy groups -OCH3 is 1. The molecule has 3 nitrogen and oxygen atoms in total. The van der Waals surface area contributed by atoms with Crippen molar-refractivity contribution in [2.75, 3.05) is 14.2 Å². The molecule has 1 N–H and O–H groups in total. The second kappa shape index (κ2) is 7.47. The summed E-state index contributed by atoms with van der Waals surface area (Å²) in [6.07, 6.45) is 9.57. The average Bonchev–Trinajstić information content (AvgIpc) is 3.38. The van der Waals surface area contributed by atoms with Gasteiger partial charge in [0, 0.05) is 30.7 Å². The van der Waals surface area contributed by atoms with E-state index in [2.05, 4.69) is 35.5 Å². The molecule has 3 rings (SSSR count). The monoisotopic (exact) mass is 302 g/mol. The summed E-state index contributed by atoms with van der Waals surface area (Å²) in [6.45, 7) is 1.95. The SMILES string of the molecule is COc1cc(CN(C)C2CCCCC2)ccc1CNC1CC1. The van der Waals surface area contributed by atoms with Crippen LogP contribution in [0, 0.1) is 0 Å². The lowest BCUT2D eigenvalue weighted by Crippen LogP contribution is -2.32. The van der Waals surface area contributed by atoms with E-state index in [1.807, 2.05) is 0 Å². The van der Waals surface area contributed by atoms with E-state index in [-0.39, 0.29) is 0 Å². The Morgan fingerprint density at radius 3 is 2.59 bits per heavy atom. The zero-order valence-corrected chi connectivity index (χ0v) is 14.1. The van der Waals surface area contributed by atoms with Crippen LogP contribution in [-0.4, -0.2) is 31.1 Å². The van der Waals surface area contributed by atoms with Gasteiger partial charge in [0.25, 0.3) is 0 Å². The number of nitrogens with zero attached hydrogens (tertiary/aromatic N) is 1. The van der Waals surface area contributed by atoms with E-state index >= 15 is 0 Å². The quantitative estimate of drug-likeness (QED) is 0.831. The van der Waals surface area contributed by atoms with Gasteiger partial charge in [0.2, 0.25) is 0 Å². The smallest absolute Gasteiger partial charge is 0.123 e. The van der Waals surface area contributed by atoms with Crippen molar-refractivity contribution in [2.24, 2.45) is 0 Å². The molecule has 0 aliphatic heterocycles. The molecule has 122 valence electrons. The van der Waals surface area contributed by atoms with E-state index in [0.29, 0.717) is 0 Å².